The highest BCUT2D eigenvalue weighted by Gasteiger charge is 2.32. The molecule has 1 rings (SSSR count). The molecule has 1 heterocycles. The van der Waals surface area contributed by atoms with E-state index < -0.39 is 0 Å². The maximum Gasteiger partial charge on any atom is 0.170 e. The molecule has 0 fully saturated rings. The van der Waals surface area contributed by atoms with Crippen molar-refractivity contribution < 1.29 is 4.74 Å². The van der Waals surface area contributed by atoms with Crippen LogP contribution < -0.4 is 0 Å². The van der Waals surface area contributed by atoms with E-state index in [0.717, 1.165) is 13.0 Å². The van der Waals surface area contributed by atoms with E-state index in [1.165, 1.54) is 0 Å². The molecule has 1 aliphatic rings. The molecule has 0 aromatic carbocycles. The molecule has 0 bridgehead atoms. The Kier molecular flexibility index (Phi) is 1.97. The van der Waals surface area contributed by atoms with Gasteiger partial charge in [0, 0.05) is 0 Å². The minimum absolute atomic E-state index is 0.0503. The zero-order valence-corrected chi connectivity index (χ0v) is 6.92. The Bertz CT molecular complexity index is 144. The highest BCUT2D eigenvalue weighted by atomic mass is 16.5. The maximum absolute atomic E-state index is 5.09. The van der Waals surface area contributed by atoms with Crippen molar-refractivity contribution in [2.45, 2.75) is 32.7 Å². The second kappa shape index (κ2) is 2.60. The van der Waals surface area contributed by atoms with Crippen molar-refractivity contribution >= 4 is 6.40 Å². The molecule has 2 nitrogen and oxygen atoms in total. The van der Waals surface area contributed by atoms with E-state index >= 15 is 0 Å². The molecule has 2 atom stereocenters. The van der Waals surface area contributed by atoms with Gasteiger partial charge in [0.25, 0.3) is 0 Å². The van der Waals surface area contributed by atoms with E-state index in [0.29, 0.717) is 5.92 Å². The van der Waals surface area contributed by atoms with Gasteiger partial charge in [-0.05, 0) is 12.8 Å². The largest absolute Gasteiger partial charge is 0.481 e. The molecule has 58 valence electrons. The van der Waals surface area contributed by atoms with Crippen LogP contribution in [0.1, 0.15) is 27.2 Å². The van der Waals surface area contributed by atoms with Gasteiger partial charge in [-0.25, -0.2) is 4.99 Å². The van der Waals surface area contributed by atoms with Gasteiger partial charge in [0.2, 0.25) is 0 Å². The quantitative estimate of drug-likeness (QED) is 0.575. The first-order valence-electron chi connectivity index (χ1n) is 3.84. The maximum atomic E-state index is 5.09. The van der Waals surface area contributed by atoms with E-state index in [9.17, 15) is 0 Å². The number of hydrogen-bond donors (Lipinski definition) is 0. The van der Waals surface area contributed by atoms with Gasteiger partial charge in [0.05, 0.1) is 5.54 Å². The molecule has 0 unspecified atom stereocenters. The third-order valence-corrected chi connectivity index (χ3v) is 2.47. The molecular formula is C8H15NO. The molecule has 2 heteroatoms. The van der Waals surface area contributed by atoms with Crippen LogP contribution in [0.5, 0.6) is 0 Å². The number of rotatable bonds is 2. The van der Waals surface area contributed by atoms with Crippen LogP contribution in [0.25, 0.3) is 0 Å². The summed E-state index contributed by atoms with van der Waals surface area (Å²) in [5, 5.41) is 0. The zero-order chi connectivity index (χ0) is 7.61. The molecule has 0 radical (unpaired) electrons. The fraction of sp³-hybridized carbons (Fsp3) is 0.875. The topological polar surface area (TPSA) is 21.6 Å². The predicted molar refractivity (Wildman–Crippen MR) is 42.3 cm³/mol. The van der Waals surface area contributed by atoms with E-state index in [2.05, 4.69) is 25.8 Å². The van der Waals surface area contributed by atoms with Crippen LogP contribution in [-0.2, 0) is 4.74 Å². The molecule has 1 aliphatic heterocycles. The molecule has 0 aromatic rings. The first kappa shape index (κ1) is 7.58. The summed E-state index contributed by atoms with van der Waals surface area (Å²) in [4.78, 5) is 4.29. The Morgan fingerprint density at radius 1 is 1.80 bits per heavy atom. The predicted octanol–water partition coefficient (Wildman–Crippen LogP) is 1.85. The van der Waals surface area contributed by atoms with E-state index in [1.54, 1.807) is 6.40 Å². The lowest BCUT2D eigenvalue weighted by molar-refractivity contribution is 0.215. The number of aliphatic imine (C=N–C) groups is 1. The highest BCUT2D eigenvalue weighted by Crippen LogP contribution is 2.27. The van der Waals surface area contributed by atoms with Crippen molar-refractivity contribution in [2.75, 3.05) is 6.61 Å². The van der Waals surface area contributed by atoms with Crippen molar-refractivity contribution in [3.05, 3.63) is 0 Å². The first-order chi connectivity index (χ1) is 4.69. The van der Waals surface area contributed by atoms with Crippen molar-refractivity contribution in [1.82, 2.24) is 0 Å². The molecule has 0 aliphatic carbocycles. The average molecular weight is 141 g/mol. The van der Waals surface area contributed by atoms with Gasteiger partial charge in [-0.1, -0.05) is 20.3 Å². The Hall–Kier alpha value is -0.530. The minimum atomic E-state index is 0.0503. The number of nitrogens with zero attached hydrogens (tertiary/aromatic N) is 1. The minimum Gasteiger partial charge on any atom is -0.481 e. The molecular weight excluding hydrogens is 126 g/mol. The van der Waals surface area contributed by atoms with Crippen LogP contribution in [0.4, 0.5) is 0 Å². The number of ether oxygens (including phenoxy) is 1. The fourth-order valence-corrected chi connectivity index (χ4v) is 1.11. The lowest BCUT2D eigenvalue weighted by Crippen LogP contribution is -2.31. The van der Waals surface area contributed by atoms with Gasteiger partial charge in [-0.3, -0.25) is 0 Å². The second-order valence-corrected chi connectivity index (χ2v) is 3.21. The third-order valence-electron chi connectivity index (χ3n) is 2.47. The van der Waals surface area contributed by atoms with Gasteiger partial charge in [-0.2, -0.15) is 0 Å². The van der Waals surface area contributed by atoms with Gasteiger partial charge in [-0.15, -0.1) is 0 Å². The Balaban J connectivity index is 2.59. The van der Waals surface area contributed by atoms with Crippen LogP contribution >= 0.6 is 0 Å². The molecule has 0 saturated heterocycles. The van der Waals surface area contributed by atoms with Gasteiger partial charge in [0.1, 0.15) is 6.61 Å². The van der Waals surface area contributed by atoms with Gasteiger partial charge >= 0.3 is 0 Å². The summed E-state index contributed by atoms with van der Waals surface area (Å²) in [5.74, 6) is 0.617. The van der Waals surface area contributed by atoms with Crippen LogP contribution in [0, 0.1) is 5.92 Å². The molecule has 0 aromatic heterocycles. The van der Waals surface area contributed by atoms with E-state index in [4.69, 9.17) is 4.74 Å². The lowest BCUT2D eigenvalue weighted by Gasteiger charge is -2.25. The summed E-state index contributed by atoms with van der Waals surface area (Å²) >= 11 is 0. The molecule has 0 spiro atoms. The Labute approximate surface area is 62.3 Å². The van der Waals surface area contributed by atoms with Crippen LogP contribution in [0.15, 0.2) is 4.99 Å². The molecule has 0 amide bonds. The average Bonchev–Trinajstić information content (AvgIpc) is 2.36. The van der Waals surface area contributed by atoms with Crippen LogP contribution in [0.2, 0.25) is 0 Å². The second-order valence-electron chi connectivity index (χ2n) is 3.21. The van der Waals surface area contributed by atoms with Crippen molar-refractivity contribution in [1.29, 1.82) is 0 Å². The first-order valence-corrected chi connectivity index (χ1v) is 3.84. The smallest absolute Gasteiger partial charge is 0.170 e. The van der Waals surface area contributed by atoms with E-state index in [-0.39, 0.29) is 5.54 Å². The SMILES string of the molecule is CC[C@H](C)[C@@]1(C)COC=N1. The van der Waals surface area contributed by atoms with Crippen molar-refractivity contribution in [3.8, 4) is 0 Å². The Morgan fingerprint density at radius 2 is 2.50 bits per heavy atom. The van der Waals surface area contributed by atoms with Crippen LogP contribution in [-0.4, -0.2) is 18.5 Å². The fourth-order valence-electron chi connectivity index (χ4n) is 1.11. The summed E-state index contributed by atoms with van der Waals surface area (Å²) in [7, 11) is 0. The summed E-state index contributed by atoms with van der Waals surface area (Å²) in [6, 6.07) is 0. The summed E-state index contributed by atoms with van der Waals surface area (Å²) in [6.45, 7) is 7.29. The molecule has 0 N–H and O–H groups in total. The zero-order valence-electron chi connectivity index (χ0n) is 6.92. The normalized spacial score (nSPS) is 33.9. The lowest BCUT2D eigenvalue weighted by atomic mass is 9.87. The Morgan fingerprint density at radius 3 is 2.90 bits per heavy atom. The summed E-state index contributed by atoms with van der Waals surface area (Å²) in [6.07, 6.45) is 2.74. The van der Waals surface area contributed by atoms with Crippen molar-refractivity contribution in [2.24, 2.45) is 10.9 Å². The summed E-state index contributed by atoms with van der Waals surface area (Å²) < 4.78 is 5.09. The number of hydrogen-bond acceptors (Lipinski definition) is 2. The van der Waals surface area contributed by atoms with Gasteiger partial charge < -0.3 is 4.74 Å². The highest BCUT2D eigenvalue weighted by molar-refractivity contribution is 5.50. The van der Waals surface area contributed by atoms with Crippen LogP contribution in [0.3, 0.4) is 0 Å². The summed E-state index contributed by atoms with van der Waals surface area (Å²) in [5.41, 5.74) is 0.0503. The molecule has 10 heavy (non-hydrogen) atoms. The van der Waals surface area contributed by atoms with Crippen molar-refractivity contribution in [3.63, 3.8) is 0 Å². The third kappa shape index (κ3) is 1.15. The van der Waals surface area contributed by atoms with E-state index in [1.807, 2.05) is 0 Å². The van der Waals surface area contributed by atoms with Gasteiger partial charge in [0.15, 0.2) is 6.40 Å². The standard InChI is InChI=1S/C8H15NO/c1-4-7(2)8(3)5-10-6-9-8/h6-7H,4-5H2,1-3H3/t7-,8+/m0/s1. The monoisotopic (exact) mass is 141 g/mol. The molecule has 0 saturated carbocycles.